The number of hydrogen-bond acceptors (Lipinski definition) is 2. The molecule has 1 saturated carbocycles. The Kier molecular flexibility index (Phi) is 5.28. The number of hydrogen-bond donors (Lipinski definition) is 2. The minimum Gasteiger partial charge on any atom is -0.394 e. The second kappa shape index (κ2) is 6.96. The molecule has 106 valence electrons. The lowest BCUT2D eigenvalue weighted by molar-refractivity contribution is 0.228. The fraction of sp³-hybridized carbons (Fsp3) is 0.600. The maximum Gasteiger partial charge on any atom is 0.159 e. The van der Waals surface area contributed by atoms with Crippen LogP contribution in [-0.2, 0) is 0 Å². The van der Waals surface area contributed by atoms with E-state index >= 15 is 0 Å². The van der Waals surface area contributed by atoms with Gasteiger partial charge in [-0.25, -0.2) is 8.78 Å². The Balaban J connectivity index is 2.03. The molecule has 2 rings (SSSR count). The molecule has 1 aromatic rings. The van der Waals surface area contributed by atoms with Gasteiger partial charge in [-0.2, -0.15) is 0 Å². The summed E-state index contributed by atoms with van der Waals surface area (Å²) in [7, 11) is 0. The quantitative estimate of drug-likeness (QED) is 0.822. The molecule has 2 N–H and O–H groups in total. The van der Waals surface area contributed by atoms with Crippen LogP contribution < -0.4 is 5.32 Å². The van der Waals surface area contributed by atoms with Crippen LogP contribution in [0.1, 0.15) is 50.1 Å². The molecule has 1 aliphatic carbocycles. The van der Waals surface area contributed by atoms with Gasteiger partial charge in [-0.3, -0.25) is 0 Å². The van der Waals surface area contributed by atoms with Crippen LogP contribution in [0, 0.1) is 11.6 Å². The van der Waals surface area contributed by atoms with Crippen LogP contribution in [0.15, 0.2) is 18.2 Å². The first kappa shape index (κ1) is 14.4. The molecular weight excluding hydrogens is 248 g/mol. The molecule has 0 amide bonds. The Morgan fingerprint density at radius 1 is 1.11 bits per heavy atom. The van der Waals surface area contributed by atoms with Crippen molar-refractivity contribution in [1.29, 1.82) is 0 Å². The zero-order valence-electron chi connectivity index (χ0n) is 11.0. The first-order valence-electron chi connectivity index (χ1n) is 7.02. The highest BCUT2D eigenvalue weighted by atomic mass is 19.2. The molecule has 4 heteroatoms. The smallest absolute Gasteiger partial charge is 0.159 e. The average Bonchev–Trinajstić information content (AvgIpc) is 2.68. The molecule has 1 fully saturated rings. The second-order valence-corrected chi connectivity index (χ2v) is 5.26. The Bertz CT molecular complexity index is 403. The molecule has 0 radical (unpaired) electrons. The van der Waals surface area contributed by atoms with Gasteiger partial charge in [0.2, 0.25) is 0 Å². The zero-order chi connectivity index (χ0) is 13.7. The number of benzene rings is 1. The van der Waals surface area contributed by atoms with E-state index in [0.717, 1.165) is 18.9 Å². The molecule has 1 unspecified atom stereocenters. The van der Waals surface area contributed by atoms with Crippen molar-refractivity contribution >= 4 is 0 Å². The van der Waals surface area contributed by atoms with Gasteiger partial charge in [-0.05, 0) is 30.5 Å². The topological polar surface area (TPSA) is 32.3 Å². The predicted octanol–water partition coefficient (Wildman–Crippen LogP) is 3.31. The molecule has 1 atom stereocenters. The highest BCUT2D eigenvalue weighted by molar-refractivity contribution is 5.21. The Hall–Kier alpha value is -1.00. The zero-order valence-corrected chi connectivity index (χ0v) is 11.0. The molecule has 0 heterocycles. The van der Waals surface area contributed by atoms with Crippen molar-refractivity contribution < 1.29 is 13.9 Å². The summed E-state index contributed by atoms with van der Waals surface area (Å²) in [4.78, 5) is 0. The number of aliphatic hydroxyl groups is 1. The van der Waals surface area contributed by atoms with Crippen molar-refractivity contribution in [2.75, 3.05) is 6.61 Å². The van der Waals surface area contributed by atoms with Gasteiger partial charge in [0, 0.05) is 6.04 Å². The largest absolute Gasteiger partial charge is 0.394 e. The first-order valence-corrected chi connectivity index (χ1v) is 7.02. The van der Waals surface area contributed by atoms with Gasteiger partial charge in [0.25, 0.3) is 0 Å². The minimum atomic E-state index is -0.862. The molecule has 0 aromatic heterocycles. The van der Waals surface area contributed by atoms with Gasteiger partial charge in [-0.1, -0.05) is 31.7 Å². The van der Waals surface area contributed by atoms with Crippen molar-refractivity contribution in [2.45, 2.75) is 50.6 Å². The van der Waals surface area contributed by atoms with Gasteiger partial charge in [-0.15, -0.1) is 0 Å². The Morgan fingerprint density at radius 3 is 2.37 bits per heavy atom. The van der Waals surface area contributed by atoms with E-state index in [1.54, 1.807) is 0 Å². The van der Waals surface area contributed by atoms with Gasteiger partial charge in [0.1, 0.15) is 0 Å². The number of nitrogens with one attached hydrogen (secondary N) is 1. The van der Waals surface area contributed by atoms with E-state index in [9.17, 15) is 13.9 Å². The van der Waals surface area contributed by atoms with Crippen molar-refractivity contribution in [1.82, 2.24) is 5.32 Å². The monoisotopic (exact) mass is 269 g/mol. The molecule has 19 heavy (non-hydrogen) atoms. The van der Waals surface area contributed by atoms with Crippen LogP contribution in [0.4, 0.5) is 8.78 Å². The number of aliphatic hydroxyl groups excluding tert-OH is 1. The van der Waals surface area contributed by atoms with Crippen LogP contribution in [0.3, 0.4) is 0 Å². The third-order valence-corrected chi connectivity index (χ3v) is 3.82. The molecular formula is C15H21F2NO. The lowest BCUT2D eigenvalue weighted by Gasteiger charge is -2.24. The standard InChI is InChI=1S/C15H21F2NO/c16-13-8-7-11(9-14(13)17)15(10-19)18-12-5-3-1-2-4-6-12/h7-9,12,15,18-19H,1-6,10H2. The van der Waals surface area contributed by atoms with Gasteiger partial charge in [0.15, 0.2) is 11.6 Å². The maximum absolute atomic E-state index is 13.2. The highest BCUT2D eigenvalue weighted by Crippen LogP contribution is 2.22. The van der Waals surface area contributed by atoms with Crippen molar-refractivity contribution in [2.24, 2.45) is 0 Å². The minimum absolute atomic E-state index is 0.110. The van der Waals surface area contributed by atoms with E-state index in [-0.39, 0.29) is 12.6 Å². The van der Waals surface area contributed by atoms with E-state index in [4.69, 9.17) is 0 Å². The summed E-state index contributed by atoms with van der Waals surface area (Å²) in [5, 5.41) is 12.8. The molecule has 2 nitrogen and oxygen atoms in total. The highest BCUT2D eigenvalue weighted by Gasteiger charge is 2.18. The van der Waals surface area contributed by atoms with Crippen molar-refractivity contribution in [3.8, 4) is 0 Å². The van der Waals surface area contributed by atoms with Crippen LogP contribution in [-0.4, -0.2) is 17.8 Å². The summed E-state index contributed by atoms with van der Waals surface area (Å²) in [5.41, 5.74) is 0.602. The lowest BCUT2D eigenvalue weighted by Crippen LogP contribution is -2.34. The number of halogens is 2. The summed E-state index contributed by atoms with van der Waals surface area (Å²) in [6.45, 7) is -0.110. The average molecular weight is 269 g/mol. The van der Waals surface area contributed by atoms with E-state index < -0.39 is 11.6 Å². The molecule has 1 aromatic carbocycles. The van der Waals surface area contributed by atoms with E-state index in [0.29, 0.717) is 11.6 Å². The van der Waals surface area contributed by atoms with Crippen molar-refractivity contribution in [3.05, 3.63) is 35.4 Å². The van der Waals surface area contributed by atoms with Gasteiger partial charge in [0.05, 0.1) is 12.6 Å². The molecule has 0 saturated heterocycles. The first-order chi connectivity index (χ1) is 9.20. The van der Waals surface area contributed by atoms with Crippen molar-refractivity contribution in [3.63, 3.8) is 0 Å². The van der Waals surface area contributed by atoms with Crippen LogP contribution >= 0.6 is 0 Å². The van der Waals surface area contributed by atoms with Crippen LogP contribution in [0.2, 0.25) is 0 Å². The summed E-state index contributed by atoms with van der Waals surface area (Å²) >= 11 is 0. The van der Waals surface area contributed by atoms with E-state index in [1.165, 1.54) is 37.8 Å². The maximum atomic E-state index is 13.2. The summed E-state index contributed by atoms with van der Waals surface area (Å²) < 4.78 is 26.2. The van der Waals surface area contributed by atoms with Crippen LogP contribution in [0.25, 0.3) is 0 Å². The van der Waals surface area contributed by atoms with E-state index in [2.05, 4.69) is 5.32 Å². The van der Waals surface area contributed by atoms with Gasteiger partial charge >= 0.3 is 0 Å². The molecule has 0 aliphatic heterocycles. The number of rotatable bonds is 4. The summed E-state index contributed by atoms with van der Waals surface area (Å²) in [6.07, 6.45) is 7.06. The Labute approximate surface area is 112 Å². The molecule has 0 spiro atoms. The SMILES string of the molecule is OCC(NC1CCCCCC1)c1ccc(F)c(F)c1. The third-order valence-electron chi connectivity index (χ3n) is 3.82. The molecule has 1 aliphatic rings. The van der Waals surface area contributed by atoms with E-state index in [1.807, 2.05) is 0 Å². The van der Waals surface area contributed by atoms with Crippen LogP contribution in [0.5, 0.6) is 0 Å². The fourth-order valence-electron chi connectivity index (χ4n) is 2.71. The third kappa shape index (κ3) is 3.98. The lowest BCUT2D eigenvalue weighted by atomic mass is 10.0. The predicted molar refractivity (Wildman–Crippen MR) is 70.8 cm³/mol. The fourth-order valence-corrected chi connectivity index (χ4v) is 2.71. The molecule has 0 bridgehead atoms. The second-order valence-electron chi connectivity index (χ2n) is 5.26. The summed E-state index contributed by atoms with van der Waals surface area (Å²) in [5.74, 6) is -1.71. The van der Waals surface area contributed by atoms with Gasteiger partial charge < -0.3 is 10.4 Å². The normalized spacial score (nSPS) is 19.1. The Morgan fingerprint density at radius 2 is 1.79 bits per heavy atom. The summed E-state index contributed by atoms with van der Waals surface area (Å²) in [6, 6.07) is 3.84.